The van der Waals surface area contributed by atoms with Crippen molar-refractivity contribution in [1.82, 2.24) is 9.47 Å². The molecule has 0 aliphatic heterocycles. The molecule has 5 nitrogen and oxygen atoms in total. The average Bonchev–Trinajstić information content (AvgIpc) is 2.77. The minimum atomic E-state index is -0.349. The number of nitrogens with zero attached hydrogens (tertiary/aromatic N) is 2. The predicted octanol–water partition coefficient (Wildman–Crippen LogP) is 5.60. The molecule has 0 unspecified atom stereocenters. The molecule has 2 aromatic carbocycles. The molecular formula is C26H28Cl2N2O3. The van der Waals surface area contributed by atoms with E-state index in [0.29, 0.717) is 30.1 Å². The van der Waals surface area contributed by atoms with Crippen LogP contribution in [0.2, 0.25) is 10.0 Å². The number of benzene rings is 2. The van der Waals surface area contributed by atoms with Gasteiger partial charge in [-0.05, 0) is 56.6 Å². The summed E-state index contributed by atoms with van der Waals surface area (Å²) in [4.78, 5) is 27.0. The fraction of sp³-hybridized carbons (Fsp3) is 0.308. The van der Waals surface area contributed by atoms with Crippen molar-refractivity contribution in [3.05, 3.63) is 103 Å². The Balaban J connectivity index is 1.75. The van der Waals surface area contributed by atoms with Crippen LogP contribution in [0.1, 0.15) is 41.0 Å². The van der Waals surface area contributed by atoms with E-state index in [9.17, 15) is 9.59 Å². The summed E-state index contributed by atoms with van der Waals surface area (Å²) in [7, 11) is 1.99. The first kappa shape index (κ1) is 25.0. The maximum Gasteiger partial charge on any atom is 0.338 e. The molecule has 0 amide bonds. The number of carbonyl (C=O) groups excluding carboxylic acids is 1. The van der Waals surface area contributed by atoms with Gasteiger partial charge in [0.2, 0.25) is 0 Å². The van der Waals surface area contributed by atoms with Gasteiger partial charge in [-0.3, -0.25) is 9.69 Å². The van der Waals surface area contributed by atoms with Crippen molar-refractivity contribution in [2.45, 2.75) is 46.0 Å². The van der Waals surface area contributed by atoms with Crippen molar-refractivity contribution >= 4 is 29.2 Å². The van der Waals surface area contributed by atoms with Crippen molar-refractivity contribution in [2.24, 2.45) is 0 Å². The molecule has 0 N–H and O–H groups in total. The third kappa shape index (κ3) is 6.94. The van der Waals surface area contributed by atoms with Gasteiger partial charge in [0.15, 0.2) is 0 Å². The summed E-state index contributed by atoms with van der Waals surface area (Å²) in [6, 6.07) is 18.8. The standard InChI is InChI=1S/C26H28Cl2N2O3/c1-18(2)33-26(32)21-11-9-19(10-12-21)13-14-30-24(22(27)15-23(28)25(30)31)17-29(3)16-20-7-5-4-6-8-20/h4-12,15,18H,13-14,16-17H2,1-3H3. The molecule has 0 fully saturated rings. The first-order valence-electron chi connectivity index (χ1n) is 10.8. The molecule has 1 heterocycles. The molecule has 0 spiro atoms. The number of aromatic nitrogens is 1. The quantitative estimate of drug-likeness (QED) is 0.369. The Morgan fingerprint density at radius 1 is 0.970 bits per heavy atom. The zero-order chi connectivity index (χ0) is 24.0. The van der Waals surface area contributed by atoms with E-state index in [1.807, 2.05) is 51.2 Å². The molecule has 0 aliphatic carbocycles. The number of hydrogen-bond acceptors (Lipinski definition) is 4. The second kappa shape index (κ2) is 11.5. The Labute approximate surface area is 204 Å². The van der Waals surface area contributed by atoms with E-state index in [-0.39, 0.29) is 22.7 Å². The lowest BCUT2D eigenvalue weighted by Crippen LogP contribution is -2.29. The van der Waals surface area contributed by atoms with Crippen molar-refractivity contribution in [2.75, 3.05) is 7.05 Å². The van der Waals surface area contributed by atoms with Crippen molar-refractivity contribution in [3.8, 4) is 0 Å². The molecular weight excluding hydrogens is 459 g/mol. The average molecular weight is 487 g/mol. The highest BCUT2D eigenvalue weighted by atomic mass is 35.5. The van der Waals surface area contributed by atoms with E-state index in [1.54, 1.807) is 16.7 Å². The number of hydrogen-bond donors (Lipinski definition) is 0. The van der Waals surface area contributed by atoms with Gasteiger partial charge in [-0.2, -0.15) is 0 Å². The van der Waals surface area contributed by atoms with Crippen LogP contribution in [0.25, 0.3) is 0 Å². The molecule has 174 valence electrons. The van der Waals surface area contributed by atoms with Crippen LogP contribution < -0.4 is 5.56 Å². The van der Waals surface area contributed by atoms with E-state index in [4.69, 9.17) is 27.9 Å². The summed E-state index contributed by atoms with van der Waals surface area (Å²) in [5.74, 6) is -0.349. The van der Waals surface area contributed by atoms with Crippen LogP contribution in [-0.4, -0.2) is 28.6 Å². The summed E-state index contributed by atoms with van der Waals surface area (Å²) < 4.78 is 6.87. The van der Waals surface area contributed by atoms with Crippen LogP contribution in [0.4, 0.5) is 0 Å². The number of esters is 1. The first-order chi connectivity index (χ1) is 15.7. The largest absolute Gasteiger partial charge is 0.459 e. The highest BCUT2D eigenvalue weighted by molar-refractivity contribution is 6.34. The van der Waals surface area contributed by atoms with E-state index >= 15 is 0 Å². The molecule has 0 atom stereocenters. The Morgan fingerprint density at radius 3 is 2.27 bits per heavy atom. The van der Waals surface area contributed by atoms with Gasteiger partial charge in [0, 0.05) is 19.6 Å². The van der Waals surface area contributed by atoms with Crippen LogP contribution in [0, 0.1) is 0 Å². The van der Waals surface area contributed by atoms with Crippen molar-refractivity contribution in [1.29, 1.82) is 0 Å². The highest BCUT2D eigenvalue weighted by Gasteiger charge is 2.15. The van der Waals surface area contributed by atoms with Crippen LogP contribution in [0.3, 0.4) is 0 Å². The monoisotopic (exact) mass is 486 g/mol. The van der Waals surface area contributed by atoms with Crippen molar-refractivity contribution < 1.29 is 9.53 Å². The molecule has 1 aromatic heterocycles. The molecule has 3 rings (SSSR count). The van der Waals surface area contributed by atoms with E-state index < -0.39 is 0 Å². The van der Waals surface area contributed by atoms with Crippen LogP contribution in [-0.2, 0) is 30.8 Å². The summed E-state index contributed by atoms with van der Waals surface area (Å²) in [5.41, 5.74) is 3.12. The number of halogens is 2. The lowest BCUT2D eigenvalue weighted by atomic mass is 10.1. The van der Waals surface area contributed by atoms with Gasteiger partial charge in [-0.25, -0.2) is 4.79 Å². The second-order valence-electron chi connectivity index (χ2n) is 8.30. The van der Waals surface area contributed by atoms with Crippen LogP contribution >= 0.6 is 23.2 Å². The number of pyridine rings is 1. The van der Waals surface area contributed by atoms with Crippen molar-refractivity contribution in [3.63, 3.8) is 0 Å². The predicted molar refractivity (Wildman–Crippen MR) is 133 cm³/mol. The van der Waals surface area contributed by atoms with Gasteiger partial charge < -0.3 is 9.30 Å². The molecule has 0 saturated heterocycles. The SMILES string of the molecule is CC(C)OC(=O)c1ccc(CCn2c(CN(C)Cc3ccccc3)c(Cl)cc(Cl)c2=O)cc1. The Hall–Kier alpha value is -2.60. The third-order valence-electron chi connectivity index (χ3n) is 5.18. The maximum atomic E-state index is 12.8. The summed E-state index contributed by atoms with van der Waals surface area (Å²) in [6.45, 7) is 5.27. The van der Waals surface area contributed by atoms with Gasteiger partial charge in [0.1, 0.15) is 5.02 Å². The van der Waals surface area contributed by atoms with Gasteiger partial charge >= 0.3 is 5.97 Å². The lowest BCUT2D eigenvalue weighted by molar-refractivity contribution is 0.0378. The zero-order valence-electron chi connectivity index (χ0n) is 19.1. The normalized spacial score (nSPS) is 11.2. The molecule has 7 heteroatoms. The van der Waals surface area contributed by atoms with E-state index in [1.165, 1.54) is 11.6 Å². The number of aryl methyl sites for hydroxylation is 1. The molecule has 0 saturated carbocycles. The fourth-order valence-electron chi connectivity index (χ4n) is 3.57. The number of carbonyl (C=O) groups is 1. The van der Waals surface area contributed by atoms with E-state index in [0.717, 1.165) is 17.8 Å². The maximum absolute atomic E-state index is 12.8. The summed E-state index contributed by atoms with van der Waals surface area (Å²) in [6.07, 6.45) is 0.418. The van der Waals surface area contributed by atoms with Crippen LogP contribution in [0.15, 0.2) is 65.5 Å². The molecule has 3 aromatic rings. The Kier molecular flexibility index (Phi) is 8.73. The Bertz CT molecular complexity index is 1140. The summed E-state index contributed by atoms with van der Waals surface area (Å²) in [5, 5.41) is 0.563. The number of rotatable bonds is 9. The first-order valence-corrected chi connectivity index (χ1v) is 11.6. The van der Waals surface area contributed by atoms with Gasteiger partial charge in [-0.1, -0.05) is 65.7 Å². The highest BCUT2D eigenvalue weighted by Crippen LogP contribution is 2.21. The molecule has 33 heavy (non-hydrogen) atoms. The smallest absolute Gasteiger partial charge is 0.338 e. The minimum absolute atomic E-state index is 0.0984. The lowest BCUT2D eigenvalue weighted by Gasteiger charge is -2.21. The zero-order valence-corrected chi connectivity index (χ0v) is 20.6. The minimum Gasteiger partial charge on any atom is -0.459 e. The Morgan fingerprint density at radius 2 is 1.64 bits per heavy atom. The van der Waals surface area contributed by atoms with E-state index in [2.05, 4.69) is 17.0 Å². The topological polar surface area (TPSA) is 51.5 Å². The number of ether oxygens (including phenoxy) is 1. The fourth-order valence-corrected chi connectivity index (χ4v) is 4.11. The molecule has 0 radical (unpaired) electrons. The van der Waals surface area contributed by atoms with Gasteiger partial charge in [0.25, 0.3) is 5.56 Å². The van der Waals surface area contributed by atoms with Crippen LogP contribution in [0.5, 0.6) is 0 Å². The third-order valence-corrected chi connectivity index (χ3v) is 5.77. The van der Waals surface area contributed by atoms with Gasteiger partial charge in [0.05, 0.1) is 22.4 Å². The molecule has 0 aliphatic rings. The molecule has 0 bridgehead atoms. The second-order valence-corrected chi connectivity index (χ2v) is 9.12. The summed E-state index contributed by atoms with van der Waals surface area (Å²) >= 11 is 12.7. The van der Waals surface area contributed by atoms with Gasteiger partial charge in [-0.15, -0.1) is 0 Å².